The number of carbonyl (C=O) groups is 3. The molecule has 1 aliphatic carbocycles. The Morgan fingerprint density at radius 2 is 1.84 bits per heavy atom. The maximum atomic E-state index is 13.6. The summed E-state index contributed by atoms with van der Waals surface area (Å²) in [5.41, 5.74) is 4.15. The number of nitrogens with one attached hydrogen (secondary N) is 2. The maximum Gasteiger partial charge on any atom is 0.338 e. The van der Waals surface area contributed by atoms with Crippen molar-refractivity contribution in [3.8, 4) is 5.75 Å². The molecule has 2 N–H and O–H groups in total. The number of halogens is 2. The Labute approximate surface area is 252 Å². The molecule has 1 atom stereocenters. The average molecular weight is 606 g/mol. The van der Waals surface area contributed by atoms with Crippen molar-refractivity contribution in [2.75, 3.05) is 0 Å². The molecule has 0 spiro atoms. The summed E-state index contributed by atoms with van der Waals surface area (Å²) >= 11 is 0. The minimum atomic E-state index is -1.01. The van der Waals surface area contributed by atoms with Gasteiger partial charge in [-0.1, -0.05) is 12.1 Å². The van der Waals surface area contributed by atoms with Gasteiger partial charge in [0.1, 0.15) is 11.3 Å². The van der Waals surface area contributed by atoms with E-state index in [2.05, 4.69) is 20.7 Å². The average Bonchev–Trinajstić information content (AvgIpc) is 3.55. The molecule has 4 aromatic rings. The second kappa shape index (κ2) is 12.1. The molecule has 0 fully saturated rings. The van der Waals surface area contributed by atoms with Crippen LogP contribution in [0.15, 0.2) is 42.6 Å². The Balaban J connectivity index is 1.38. The third kappa shape index (κ3) is 6.60. The monoisotopic (exact) mass is 605 g/mol. The first-order valence-corrected chi connectivity index (χ1v) is 14.2. The highest BCUT2D eigenvalue weighted by atomic mass is 19.2. The van der Waals surface area contributed by atoms with Gasteiger partial charge in [0.05, 0.1) is 17.5 Å². The zero-order chi connectivity index (χ0) is 31.8. The number of aromatic nitrogens is 3. The molecule has 10 nitrogen and oxygen atoms in total. The minimum absolute atomic E-state index is 0.0236. The Morgan fingerprint density at radius 1 is 1.07 bits per heavy atom. The van der Waals surface area contributed by atoms with Gasteiger partial charge < -0.3 is 20.1 Å². The minimum Gasteiger partial charge on any atom is -0.456 e. The van der Waals surface area contributed by atoms with Crippen LogP contribution < -0.4 is 15.4 Å². The zero-order valence-electron chi connectivity index (χ0n) is 25.1. The maximum absolute atomic E-state index is 13.6. The lowest BCUT2D eigenvalue weighted by Gasteiger charge is -2.21. The Kier molecular flexibility index (Phi) is 8.46. The fourth-order valence-corrected chi connectivity index (χ4v) is 5.27. The van der Waals surface area contributed by atoms with Crippen molar-refractivity contribution in [3.05, 3.63) is 93.4 Å². The van der Waals surface area contributed by atoms with Gasteiger partial charge in [0, 0.05) is 26.1 Å². The topological polar surface area (TPSA) is 124 Å². The Bertz CT molecular complexity index is 1780. The second-order valence-electron chi connectivity index (χ2n) is 11.7. The number of rotatable bonds is 8. The first-order chi connectivity index (χ1) is 20.8. The number of hydrogen-bond donors (Lipinski definition) is 2. The highest BCUT2D eigenvalue weighted by Crippen LogP contribution is 2.35. The molecule has 230 valence electrons. The number of carbonyl (C=O) groups excluding carboxylic acids is 3. The van der Waals surface area contributed by atoms with Gasteiger partial charge in [0.15, 0.2) is 23.0 Å². The summed E-state index contributed by atoms with van der Waals surface area (Å²) in [4.78, 5) is 41.9. The number of fused-ring (bicyclic) bond motifs is 2. The van der Waals surface area contributed by atoms with E-state index in [-0.39, 0.29) is 42.2 Å². The molecule has 0 saturated carbocycles. The summed E-state index contributed by atoms with van der Waals surface area (Å²) in [6.07, 6.45) is 2.92. The van der Waals surface area contributed by atoms with Crippen LogP contribution in [0.4, 0.5) is 8.78 Å². The molecule has 44 heavy (non-hydrogen) atoms. The first-order valence-electron chi connectivity index (χ1n) is 14.2. The lowest BCUT2D eigenvalue weighted by molar-refractivity contribution is -0.131. The van der Waals surface area contributed by atoms with E-state index in [0.717, 1.165) is 41.7 Å². The fourth-order valence-electron chi connectivity index (χ4n) is 5.27. The molecule has 0 radical (unpaired) electrons. The van der Waals surface area contributed by atoms with Crippen LogP contribution in [-0.2, 0) is 29.0 Å². The molecular formula is C32H33F2N5O5. The number of ether oxygens (including phenoxy) is 2. The molecule has 0 aliphatic heterocycles. The molecule has 2 heterocycles. The van der Waals surface area contributed by atoms with Crippen LogP contribution in [0.1, 0.15) is 89.0 Å². The van der Waals surface area contributed by atoms with E-state index in [9.17, 15) is 23.2 Å². The number of esters is 2. The quantitative estimate of drug-likeness (QED) is 0.272. The molecule has 0 unspecified atom stereocenters. The Hall–Kier alpha value is -4.71. The van der Waals surface area contributed by atoms with Gasteiger partial charge >= 0.3 is 11.9 Å². The molecule has 0 saturated heterocycles. The van der Waals surface area contributed by atoms with E-state index in [0.29, 0.717) is 16.8 Å². The third-order valence-corrected chi connectivity index (χ3v) is 7.28. The van der Waals surface area contributed by atoms with Gasteiger partial charge in [-0.2, -0.15) is 5.10 Å². The molecule has 1 amide bonds. The van der Waals surface area contributed by atoms with Gasteiger partial charge in [0.25, 0.3) is 5.91 Å². The van der Waals surface area contributed by atoms with Crippen molar-refractivity contribution in [3.63, 3.8) is 0 Å². The lowest BCUT2D eigenvalue weighted by Crippen LogP contribution is -2.26. The summed E-state index contributed by atoms with van der Waals surface area (Å²) in [6, 6.07) is 8.64. The molecule has 12 heteroatoms. The van der Waals surface area contributed by atoms with Crippen LogP contribution in [-0.4, -0.2) is 38.0 Å². The van der Waals surface area contributed by atoms with E-state index < -0.39 is 29.1 Å². The van der Waals surface area contributed by atoms with Crippen LogP contribution in [0.25, 0.3) is 5.65 Å². The number of amides is 1. The number of nitrogens with zero attached hydrogens (tertiary/aromatic N) is 3. The summed E-state index contributed by atoms with van der Waals surface area (Å²) < 4.78 is 39.3. The smallest absolute Gasteiger partial charge is 0.338 e. The predicted molar refractivity (Wildman–Crippen MR) is 156 cm³/mol. The van der Waals surface area contributed by atoms with Crippen molar-refractivity contribution < 1.29 is 32.6 Å². The first kappa shape index (κ1) is 30.7. The van der Waals surface area contributed by atoms with Crippen molar-refractivity contribution in [2.45, 2.75) is 72.2 Å². The summed E-state index contributed by atoms with van der Waals surface area (Å²) in [6.45, 7) is 8.90. The van der Waals surface area contributed by atoms with Crippen LogP contribution in [0.2, 0.25) is 0 Å². The molecular weight excluding hydrogens is 572 g/mol. The summed E-state index contributed by atoms with van der Waals surface area (Å²) in [7, 11) is 0. The molecule has 1 aliphatic rings. The molecule has 0 bridgehead atoms. The second-order valence-corrected chi connectivity index (χ2v) is 11.7. The largest absolute Gasteiger partial charge is 0.456 e. The van der Waals surface area contributed by atoms with Gasteiger partial charge in [-0.25, -0.2) is 23.1 Å². The summed E-state index contributed by atoms with van der Waals surface area (Å²) in [5, 5.41) is 10.5. The highest BCUT2D eigenvalue weighted by Gasteiger charge is 2.28. The van der Waals surface area contributed by atoms with Crippen molar-refractivity contribution >= 4 is 23.5 Å². The van der Waals surface area contributed by atoms with Gasteiger partial charge in [-0.05, 0) is 87.1 Å². The molecule has 2 aromatic heterocycles. The molecule has 5 rings (SSSR count). The predicted octanol–water partition coefficient (Wildman–Crippen LogP) is 4.90. The van der Waals surface area contributed by atoms with Crippen molar-refractivity contribution in [1.82, 2.24) is 25.2 Å². The lowest BCUT2D eigenvalue weighted by atomic mass is 9.97. The Morgan fingerprint density at radius 3 is 2.55 bits per heavy atom. The van der Waals surface area contributed by atoms with Crippen LogP contribution in [0, 0.1) is 18.6 Å². The van der Waals surface area contributed by atoms with Crippen LogP contribution >= 0.6 is 0 Å². The third-order valence-electron chi connectivity index (χ3n) is 7.28. The van der Waals surface area contributed by atoms with E-state index in [1.54, 1.807) is 12.1 Å². The van der Waals surface area contributed by atoms with Gasteiger partial charge in [0.2, 0.25) is 0 Å². The van der Waals surface area contributed by atoms with E-state index in [1.165, 1.54) is 23.7 Å². The standard InChI is InChI=1S/C32H33F2N5O5/c1-17-21-9-11-26(23(21)8-7-22(17)31(42)44-32(3,4)5)35-15-20-13-27(38-29-28(43-18(2)40)16-37-39(20)29)30(41)36-14-19-6-10-24(33)25(34)12-19/h6-8,10,12-13,16,26,35H,9,11,14-15H2,1-5H3,(H,36,41)/t26-/m0/s1. The van der Waals surface area contributed by atoms with E-state index >= 15 is 0 Å². The van der Waals surface area contributed by atoms with Gasteiger partial charge in [-0.3, -0.25) is 9.59 Å². The number of benzene rings is 2. The summed E-state index contributed by atoms with van der Waals surface area (Å²) in [5.74, 6) is -3.40. The van der Waals surface area contributed by atoms with E-state index in [4.69, 9.17) is 9.47 Å². The van der Waals surface area contributed by atoms with Crippen molar-refractivity contribution in [1.29, 1.82) is 0 Å². The SMILES string of the molecule is CC(=O)Oc1cnn2c(CN[C@H]3CCc4c3ccc(C(=O)OC(C)(C)C)c4C)cc(C(=O)NCc3ccc(F)c(F)c3)nc12. The van der Waals surface area contributed by atoms with Gasteiger partial charge in [-0.15, -0.1) is 0 Å². The normalized spacial score (nSPS) is 14.4. The van der Waals surface area contributed by atoms with Crippen molar-refractivity contribution in [2.24, 2.45) is 0 Å². The zero-order valence-corrected chi connectivity index (χ0v) is 25.1. The van der Waals surface area contributed by atoms with Crippen LogP contribution in [0.5, 0.6) is 5.75 Å². The fraction of sp³-hybridized carbons (Fsp3) is 0.344. The number of hydrogen-bond acceptors (Lipinski definition) is 8. The highest BCUT2D eigenvalue weighted by molar-refractivity contribution is 5.93. The van der Waals surface area contributed by atoms with E-state index in [1.807, 2.05) is 33.8 Å². The van der Waals surface area contributed by atoms with Crippen LogP contribution in [0.3, 0.4) is 0 Å². The molecule has 2 aromatic carbocycles.